The van der Waals surface area contributed by atoms with E-state index in [-0.39, 0.29) is 6.61 Å². The van der Waals surface area contributed by atoms with Crippen LogP contribution in [0.25, 0.3) is 0 Å². The molecule has 0 saturated heterocycles. The fourth-order valence-corrected chi connectivity index (χ4v) is 1.27. The van der Waals surface area contributed by atoms with Gasteiger partial charge in [0.05, 0.1) is 12.5 Å². The Morgan fingerprint density at radius 3 is 2.53 bits per heavy atom. The van der Waals surface area contributed by atoms with Gasteiger partial charge in [-0.1, -0.05) is 30.3 Å². The number of amides is 1. The van der Waals surface area contributed by atoms with E-state index in [2.05, 4.69) is 0 Å². The molecule has 0 aromatic heterocycles. The fourth-order valence-electron chi connectivity index (χ4n) is 1.27. The van der Waals surface area contributed by atoms with Crippen molar-refractivity contribution in [1.82, 2.24) is 5.32 Å². The van der Waals surface area contributed by atoms with Crippen LogP contribution in [-0.2, 0) is 11.3 Å². The zero-order valence-electron chi connectivity index (χ0n) is 9.78. The Morgan fingerprint density at radius 1 is 1.37 bits per heavy atom. The molecule has 0 fully saturated rings. The lowest BCUT2D eigenvalue weighted by molar-refractivity contribution is -0.136. The third kappa shape index (κ3) is 6.31. The van der Waals surface area contributed by atoms with E-state index in [1.54, 1.807) is 30.3 Å². The fraction of sp³-hybridized carbons (Fsp3) is 0.333. The molecule has 0 unspecified atom stereocenters. The van der Waals surface area contributed by atoms with Crippen LogP contribution in [0.5, 0.6) is 0 Å². The van der Waals surface area contributed by atoms with Gasteiger partial charge in [0.15, 0.2) is 0 Å². The molecule has 4 nitrogen and oxygen atoms in total. The van der Waals surface area contributed by atoms with Crippen molar-refractivity contribution in [2.24, 2.45) is 0 Å². The smallest absolute Gasteiger partial charge is 0.408 e. The number of hydrogen-bond donors (Lipinski definition) is 1. The Hall–Kier alpha value is -2.23. The van der Waals surface area contributed by atoms with Crippen LogP contribution in [0.2, 0.25) is 0 Å². The number of carbonyl (C=O) groups excluding carboxylic acids is 1. The van der Waals surface area contributed by atoms with Crippen molar-refractivity contribution in [3.05, 3.63) is 35.9 Å². The first-order chi connectivity index (χ1) is 8.90. The second-order valence-corrected chi connectivity index (χ2v) is 3.71. The summed E-state index contributed by atoms with van der Waals surface area (Å²) >= 11 is 0. The van der Waals surface area contributed by atoms with Crippen LogP contribution in [0, 0.1) is 11.3 Å². The highest BCUT2D eigenvalue weighted by Crippen LogP contribution is 2.21. The number of hydrogen-bond acceptors (Lipinski definition) is 3. The maximum Gasteiger partial charge on any atom is 0.408 e. The first-order valence-corrected chi connectivity index (χ1v) is 5.34. The summed E-state index contributed by atoms with van der Waals surface area (Å²) < 4.78 is 40.9. The lowest BCUT2D eigenvalue weighted by Crippen LogP contribution is -2.37. The van der Waals surface area contributed by atoms with Gasteiger partial charge in [0, 0.05) is 0 Å². The number of ether oxygens (including phenoxy) is 1. The van der Waals surface area contributed by atoms with Crippen molar-refractivity contribution in [1.29, 1.82) is 5.26 Å². The van der Waals surface area contributed by atoms with Crippen LogP contribution in [0.4, 0.5) is 18.0 Å². The Balaban J connectivity index is 2.40. The number of carbonyl (C=O) groups is 1. The molecule has 1 atom stereocenters. The zero-order valence-corrected chi connectivity index (χ0v) is 9.78. The van der Waals surface area contributed by atoms with Gasteiger partial charge in [-0.2, -0.15) is 18.4 Å². The molecule has 0 bridgehead atoms. The molecule has 1 aromatic rings. The number of rotatable bonds is 4. The quantitative estimate of drug-likeness (QED) is 0.916. The number of alkyl carbamates (subject to hydrolysis) is 1. The average molecular weight is 272 g/mol. The van der Waals surface area contributed by atoms with Gasteiger partial charge in [-0.05, 0) is 5.56 Å². The van der Waals surface area contributed by atoms with Gasteiger partial charge in [0.1, 0.15) is 12.6 Å². The van der Waals surface area contributed by atoms with Gasteiger partial charge in [-0.3, -0.25) is 0 Å². The number of nitrogens with zero attached hydrogens (tertiary/aromatic N) is 1. The molecule has 19 heavy (non-hydrogen) atoms. The van der Waals surface area contributed by atoms with Crippen molar-refractivity contribution in [3.63, 3.8) is 0 Å². The van der Waals surface area contributed by atoms with Gasteiger partial charge in [0.25, 0.3) is 0 Å². The molecular weight excluding hydrogens is 261 g/mol. The van der Waals surface area contributed by atoms with E-state index in [0.29, 0.717) is 5.56 Å². The summed E-state index contributed by atoms with van der Waals surface area (Å²) in [7, 11) is 0. The largest absolute Gasteiger partial charge is 0.445 e. The highest BCUT2D eigenvalue weighted by atomic mass is 19.4. The van der Waals surface area contributed by atoms with E-state index in [9.17, 15) is 18.0 Å². The van der Waals surface area contributed by atoms with E-state index >= 15 is 0 Å². The maximum atomic E-state index is 12.1. The predicted molar refractivity (Wildman–Crippen MR) is 59.8 cm³/mol. The van der Waals surface area contributed by atoms with Crippen LogP contribution in [0.3, 0.4) is 0 Å². The normalized spacial score (nSPS) is 12.3. The summed E-state index contributed by atoms with van der Waals surface area (Å²) in [4.78, 5) is 11.2. The summed E-state index contributed by atoms with van der Waals surface area (Å²) in [5.41, 5.74) is 0.696. The van der Waals surface area contributed by atoms with Crippen LogP contribution >= 0.6 is 0 Å². The minimum Gasteiger partial charge on any atom is -0.445 e. The molecule has 1 amide bonds. The van der Waals surface area contributed by atoms with E-state index in [0.717, 1.165) is 0 Å². The molecule has 0 aliphatic rings. The molecule has 7 heteroatoms. The zero-order chi connectivity index (χ0) is 14.3. The molecular formula is C12H11F3N2O2. The van der Waals surface area contributed by atoms with Crippen LogP contribution in [-0.4, -0.2) is 18.3 Å². The van der Waals surface area contributed by atoms with Crippen molar-refractivity contribution in [2.45, 2.75) is 25.2 Å². The number of nitrogens with one attached hydrogen (secondary N) is 1. The summed E-state index contributed by atoms with van der Waals surface area (Å²) in [6, 6.07) is 8.35. The number of nitriles is 1. The standard InChI is InChI=1S/C12H11F3N2O2/c13-12(14,15)6-10(7-16)17-11(18)19-8-9-4-2-1-3-5-9/h1-5,10H,6,8H2,(H,17,18)/t10-/m0/s1. The monoisotopic (exact) mass is 272 g/mol. The second-order valence-electron chi connectivity index (χ2n) is 3.71. The van der Waals surface area contributed by atoms with E-state index in [1.807, 2.05) is 5.32 Å². The Labute approximate surface area is 107 Å². The molecule has 0 radical (unpaired) electrons. The first-order valence-electron chi connectivity index (χ1n) is 5.34. The predicted octanol–water partition coefficient (Wildman–Crippen LogP) is 2.76. The van der Waals surface area contributed by atoms with Crippen molar-refractivity contribution < 1.29 is 22.7 Å². The van der Waals surface area contributed by atoms with E-state index in [4.69, 9.17) is 10.00 Å². The average Bonchev–Trinajstić information content (AvgIpc) is 2.35. The summed E-state index contributed by atoms with van der Waals surface area (Å²) in [6.07, 6.45) is -6.99. The van der Waals surface area contributed by atoms with Crippen molar-refractivity contribution in [3.8, 4) is 6.07 Å². The third-order valence-corrected chi connectivity index (χ3v) is 2.10. The van der Waals surface area contributed by atoms with Crippen LogP contribution in [0.15, 0.2) is 30.3 Å². The third-order valence-electron chi connectivity index (χ3n) is 2.10. The highest BCUT2D eigenvalue weighted by molar-refractivity contribution is 5.68. The van der Waals surface area contributed by atoms with Gasteiger partial charge < -0.3 is 10.1 Å². The second kappa shape index (κ2) is 6.64. The van der Waals surface area contributed by atoms with Crippen LogP contribution < -0.4 is 5.32 Å². The molecule has 0 aliphatic heterocycles. The van der Waals surface area contributed by atoms with Crippen LogP contribution in [0.1, 0.15) is 12.0 Å². The van der Waals surface area contributed by atoms with E-state index < -0.39 is 24.7 Å². The summed E-state index contributed by atoms with van der Waals surface area (Å²) in [6.45, 7) is -0.0726. The molecule has 1 rings (SSSR count). The molecule has 1 aromatic carbocycles. The minimum absolute atomic E-state index is 0.0726. The van der Waals surface area contributed by atoms with Crippen molar-refractivity contribution >= 4 is 6.09 Å². The summed E-state index contributed by atoms with van der Waals surface area (Å²) in [5, 5.41) is 10.4. The molecule has 0 heterocycles. The van der Waals surface area contributed by atoms with E-state index in [1.165, 1.54) is 6.07 Å². The lowest BCUT2D eigenvalue weighted by Gasteiger charge is -2.13. The SMILES string of the molecule is N#C[C@H](CC(F)(F)F)NC(=O)OCc1ccccc1. The van der Waals surface area contributed by atoms with Gasteiger partial charge in [-0.15, -0.1) is 0 Å². The number of halogens is 3. The summed E-state index contributed by atoms with van der Waals surface area (Å²) in [5.74, 6) is 0. The molecule has 0 spiro atoms. The van der Waals surface area contributed by atoms with Gasteiger partial charge >= 0.3 is 12.3 Å². The highest BCUT2D eigenvalue weighted by Gasteiger charge is 2.32. The number of alkyl halides is 3. The Bertz CT molecular complexity index is 454. The molecule has 0 saturated carbocycles. The number of benzene rings is 1. The first kappa shape index (κ1) is 14.8. The lowest BCUT2D eigenvalue weighted by atomic mass is 10.2. The molecule has 0 aliphatic carbocycles. The van der Waals surface area contributed by atoms with Gasteiger partial charge in [-0.25, -0.2) is 4.79 Å². The Kier molecular flexibility index (Phi) is 5.18. The minimum atomic E-state index is -4.52. The van der Waals surface area contributed by atoms with Gasteiger partial charge in [0.2, 0.25) is 0 Å². The maximum absolute atomic E-state index is 12.1. The van der Waals surface area contributed by atoms with Crippen molar-refractivity contribution in [2.75, 3.05) is 0 Å². The Morgan fingerprint density at radius 2 is 2.00 bits per heavy atom. The molecule has 1 N–H and O–H groups in total. The topological polar surface area (TPSA) is 62.1 Å². The molecule has 102 valence electrons.